The number of nitrogen functional groups attached to an aromatic ring is 1. The highest BCUT2D eigenvalue weighted by atomic mass is 19.2. The molecule has 1 aromatic rings. The van der Waals surface area contributed by atoms with Gasteiger partial charge in [0.2, 0.25) is 0 Å². The Hall–Kier alpha value is -1.89. The van der Waals surface area contributed by atoms with Crippen molar-refractivity contribution in [3.8, 4) is 0 Å². The Morgan fingerprint density at radius 1 is 1.41 bits per heavy atom. The molecule has 0 fully saturated rings. The lowest BCUT2D eigenvalue weighted by Gasteiger charge is -2.18. The van der Waals surface area contributed by atoms with Crippen molar-refractivity contribution in [1.82, 2.24) is 0 Å². The number of hydrogen-bond acceptors (Lipinski definition) is 4. The largest absolute Gasteiger partial charge is 0.398 e. The van der Waals surface area contributed by atoms with Crippen molar-refractivity contribution in [2.24, 2.45) is 5.11 Å². The monoisotopic (exact) mass is 244 g/mol. The third-order valence-electron chi connectivity index (χ3n) is 2.16. The molecule has 0 saturated carbocycles. The van der Waals surface area contributed by atoms with Crippen LogP contribution in [0.2, 0.25) is 0 Å². The van der Waals surface area contributed by atoms with Gasteiger partial charge in [-0.3, -0.25) is 0 Å². The summed E-state index contributed by atoms with van der Waals surface area (Å²) in [4.78, 5) is 2.37. The van der Waals surface area contributed by atoms with Gasteiger partial charge in [-0.1, -0.05) is 5.11 Å². The lowest BCUT2D eigenvalue weighted by Crippen LogP contribution is -2.23. The zero-order valence-corrected chi connectivity index (χ0v) is 8.59. The van der Waals surface area contributed by atoms with Gasteiger partial charge in [0.1, 0.15) is 6.10 Å². The van der Waals surface area contributed by atoms with Crippen molar-refractivity contribution in [3.63, 3.8) is 0 Å². The van der Waals surface area contributed by atoms with Crippen LogP contribution < -0.4 is 5.73 Å². The van der Waals surface area contributed by atoms with Gasteiger partial charge in [0.05, 0.1) is 12.6 Å². The van der Waals surface area contributed by atoms with Gasteiger partial charge in [0, 0.05) is 16.2 Å². The van der Waals surface area contributed by atoms with Crippen LogP contribution in [0.1, 0.15) is 11.7 Å². The quantitative estimate of drug-likeness (QED) is 0.320. The summed E-state index contributed by atoms with van der Waals surface area (Å²) in [5.41, 5.74) is 12.7. The Kier molecular flexibility index (Phi) is 4.22. The van der Waals surface area contributed by atoms with E-state index in [-0.39, 0.29) is 5.69 Å². The van der Waals surface area contributed by atoms with Crippen molar-refractivity contribution in [3.05, 3.63) is 39.8 Å². The van der Waals surface area contributed by atoms with Crippen molar-refractivity contribution in [1.29, 1.82) is 0 Å². The maximum absolute atomic E-state index is 13.4. The molecule has 0 aliphatic carbocycles. The number of halogens is 2. The van der Waals surface area contributed by atoms with E-state index in [1.807, 2.05) is 0 Å². The molecule has 0 radical (unpaired) electrons. The molecule has 0 spiro atoms. The molecule has 0 bridgehead atoms. The van der Waals surface area contributed by atoms with E-state index in [1.54, 1.807) is 0 Å². The van der Waals surface area contributed by atoms with Crippen LogP contribution in [-0.4, -0.2) is 22.9 Å². The summed E-state index contributed by atoms with van der Waals surface area (Å²) in [5, 5.41) is 22.0. The molecular weight excluding hydrogens is 234 g/mol. The van der Waals surface area contributed by atoms with E-state index in [1.165, 1.54) is 0 Å². The number of nitrogens with zero attached hydrogens (tertiary/aromatic N) is 3. The van der Waals surface area contributed by atoms with Crippen molar-refractivity contribution >= 4 is 5.69 Å². The van der Waals surface area contributed by atoms with Crippen LogP contribution in [0.5, 0.6) is 0 Å². The van der Waals surface area contributed by atoms with E-state index >= 15 is 0 Å². The molecule has 1 aromatic carbocycles. The highest BCUT2D eigenvalue weighted by molar-refractivity contribution is 5.49. The van der Waals surface area contributed by atoms with Gasteiger partial charge in [0.15, 0.2) is 11.6 Å². The topological polar surface area (TPSA) is 115 Å². The number of anilines is 1. The van der Waals surface area contributed by atoms with E-state index in [0.29, 0.717) is 0 Å². The first kappa shape index (κ1) is 13.2. The number of nitrogens with two attached hydrogens (primary N) is 1. The van der Waals surface area contributed by atoms with Crippen molar-refractivity contribution < 1.29 is 19.0 Å². The minimum atomic E-state index is -1.77. The molecule has 2 atom stereocenters. The Labute approximate surface area is 94.9 Å². The summed E-state index contributed by atoms with van der Waals surface area (Å²) in [6.07, 6.45) is -3.33. The van der Waals surface area contributed by atoms with E-state index in [2.05, 4.69) is 10.0 Å². The molecule has 0 aliphatic rings. The van der Waals surface area contributed by atoms with E-state index in [9.17, 15) is 19.0 Å². The van der Waals surface area contributed by atoms with E-state index < -0.39 is 36.0 Å². The van der Waals surface area contributed by atoms with Crippen LogP contribution in [0.4, 0.5) is 14.5 Å². The second-order valence-electron chi connectivity index (χ2n) is 3.29. The molecule has 1 rings (SSSR count). The zero-order chi connectivity index (χ0) is 13.0. The molecular formula is C9H10F2N4O2. The number of azide groups is 1. The molecule has 8 heteroatoms. The van der Waals surface area contributed by atoms with Crippen LogP contribution >= 0.6 is 0 Å². The summed E-state index contributed by atoms with van der Waals surface area (Å²) >= 11 is 0. The standard InChI is InChI=1S/C9H10F2N4O2/c10-4-1-2-5(12)7(8(4)11)9(17)6(16)3-14-15-13/h1-2,6,9,16-17H,3,12H2. The van der Waals surface area contributed by atoms with Crippen LogP contribution in [0.3, 0.4) is 0 Å². The molecule has 0 aliphatic heterocycles. The van der Waals surface area contributed by atoms with Gasteiger partial charge in [0.25, 0.3) is 0 Å². The summed E-state index contributed by atoms with van der Waals surface area (Å²) in [6.45, 7) is -0.479. The van der Waals surface area contributed by atoms with Crippen molar-refractivity contribution in [2.45, 2.75) is 12.2 Å². The lowest BCUT2D eigenvalue weighted by atomic mass is 10.0. The fourth-order valence-corrected chi connectivity index (χ4v) is 1.29. The van der Waals surface area contributed by atoms with Crippen LogP contribution in [0.25, 0.3) is 10.4 Å². The third kappa shape index (κ3) is 2.82. The van der Waals surface area contributed by atoms with E-state index in [0.717, 1.165) is 12.1 Å². The number of benzene rings is 1. The first-order valence-electron chi connectivity index (χ1n) is 4.59. The molecule has 6 nitrogen and oxygen atoms in total. The number of aliphatic hydroxyl groups is 2. The Morgan fingerprint density at radius 2 is 2.06 bits per heavy atom. The minimum Gasteiger partial charge on any atom is -0.398 e. The highest BCUT2D eigenvalue weighted by Gasteiger charge is 2.25. The summed E-state index contributed by atoms with van der Waals surface area (Å²) in [7, 11) is 0. The molecule has 0 aromatic heterocycles. The van der Waals surface area contributed by atoms with Gasteiger partial charge >= 0.3 is 0 Å². The first-order chi connectivity index (χ1) is 7.99. The Bertz CT molecular complexity index is 463. The summed E-state index contributed by atoms with van der Waals surface area (Å²) in [6, 6.07) is 1.87. The maximum Gasteiger partial charge on any atom is 0.166 e. The average Bonchev–Trinajstić information content (AvgIpc) is 2.31. The minimum absolute atomic E-state index is 0.198. The van der Waals surface area contributed by atoms with Gasteiger partial charge in [-0.05, 0) is 17.7 Å². The second kappa shape index (κ2) is 5.44. The number of hydrogen-bond donors (Lipinski definition) is 3. The molecule has 4 N–H and O–H groups in total. The van der Waals surface area contributed by atoms with Crippen LogP contribution in [0, 0.1) is 11.6 Å². The van der Waals surface area contributed by atoms with E-state index in [4.69, 9.17) is 11.3 Å². The highest BCUT2D eigenvalue weighted by Crippen LogP contribution is 2.27. The molecule has 2 unspecified atom stereocenters. The molecule has 0 saturated heterocycles. The Balaban J connectivity index is 3.06. The normalized spacial score (nSPS) is 13.9. The first-order valence-corrected chi connectivity index (χ1v) is 4.59. The Morgan fingerprint density at radius 3 is 2.65 bits per heavy atom. The fourth-order valence-electron chi connectivity index (χ4n) is 1.29. The lowest BCUT2D eigenvalue weighted by molar-refractivity contribution is 0.0223. The third-order valence-corrected chi connectivity index (χ3v) is 2.16. The molecule has 17 heavy (non-hydrogen) atoms. The van der Waals surface area contributed by atoms with Crippen LogP contribution in [-0.2, 0) is 0 Å². The number of rotatable bonds is 4. The molecule has 0 amide bonds. The SMILES string of the molecule is [N-]=[N+]=NCC(O)C(O)c1c(N)ccc(F)c1F. The fraction of sp³-hybridized carbons (Fsp3) is 0.333. The predicted octanol–water partition coefficient (Wildman–Crippen LogP) is 1.25. The van der Waals surface area contributed by atoms with Crippen molar-refractivity contribution in [2.75, 3.05) is 12.3 Å². The van der Waals surface area contributed by atoms with Gasteiger partial charge in [-0.25, -0.2) is 8.78 Å². The van der Waals surface area contributed by atoms with Gasteiger partial charge < -0.3 is 15.9 Å². The van der Waals surface area contributed by atoms with Gasteiger partial charge in [-0.2, -0.15) is 0 Å². The van der Waals surface area contributed by atoms with Crippen LogP contribution in [0.15, 0.2) is 17.2 Å². The summed E-state index contributed by atoms with van der Waals surface area (Å²) < 4.78 is 26.3. The molecule has 92 valence electrons. The molecule has 0 heterocycles. The summed E-state index contributed by atoms with van der Waals surface area (Å²) in [5.74, 6) is -2.53. The number of aliphatic hydroxyl groups excluding tert-OH is 2. The second-order valence-corrected chi connectivity index (χ2v) is 3.29. The average molecular weight is 244 g/mol. The smallest absolute Gasteiger partial charge is 0.166 e. The zero-order valence-electron chi connectivity index (χ0n) is 8.59. The predicted molar refractivity (Wildman–Crippen MR) is 55.8 cm³/mol. The van der Waals surface area contributed by atoms with Gasteiger partial charge in [-0.15, -0.1) is 0 Å². The maximum atomic E-state index is 13.4.